The van der Waals surface area contributed by atoms with Crippen molar-refractivity contribution in [2.75, 3.05) is 19.8 Å². The summed E-state index contributed by atoms with van der Waals surface area (Å²) in [6.07, 6.45) is 0. The Morgan fingerprint density at radius 2 is 2.06 bits per heavy atom. The number of ether oxygens (including phenoxy) is 1. The standard InChI is InChI=1S/C10H12BrNO5S/c11-8-3-1-2-4-9(8)18(15,16)12-5-6-17-7-10(13)14/h1-4,12H,5-7H2,(H,13,14). The third-order valence-electron chi connectivity index (χ3n) is 1.89. The molecule has 0 aromatic heterocycles. The van der Waals surface area contributed by atoms with Crippen molar-refractivity contribution in [2.45, 2.75) is 4.90 Å². The summed E-state index contributed by atoms with van der Waals surface area (Å²) in [5.41, 5.74) is 0. The lowest BCUT2D eigenvalue weighted by Gasteiger charge is -2.08. The number of carboxylic acids is 1. The number of hydrogen-bond donors (Lipinski definition) is 2. The van der Waals surface area contributed by atoms with E-state index in [1.165, 1.54) is 6.07 Å². The van der Waals surface area contributed by atoms with Gasteiger partial charge >= 0.3 is 5.97 Å². The van der Waals surface area contributed by atoms with Crippen LogP contribution >= 0.6 is 15.9 Å². The molecule has 0 aliphatic carbocycles. The molecular weight excluding hydrogens is 326 g/mol. The van der Waals surface area contributed by atoms with Gasteiger partial charge in [-0.05, 0) is 28.1 Å². The van der Waals surface area contributed by atoms with Gasteiger partial charge in [0.05, 0.1) is 11.5 Å². The Bertz CT molecular complexity index is 517. The fourth-order valence-electron chi connectivity index (χ4n) is 1.15. The summed E-state index contributed by atoms with van der Waals surface area (Å²) in [7, 11) is -3.62. The maximum atomic E-state index is 11.8. The molecule has 100 valence electrons. The van der Waals surface area contributed by atoms with Gasteiger partial charge in [0.25, 0.3) is 0 Å². The third kappa shape index (κ3) is 4.73. The Hall–Kier alpha value is -0.960. The first-order valence-corrected chi connectivity index (χ1v) is 7.25. The average Bonchev–Trinajstić information content (AvgIpc) is 2.28. The molecule has 18 heavy (non-hydrogen) atoms. The van der Waals surface area contributed by atoms with Gasteiger partial charge in [-0.3, -0.25) is 0 Å². The fourth-order valence-corrected chi connectivity index (χ4v) is 3.16. The van der Waals surface area contributed by atoms with E-state index in [4.69, 9.17) is 9.84 Å². The Labute approximate surface area is 113 Å². The molecule has 0 bridgehead atoms. The molecule has 0 spiro atoms. The number of sulfonamides is 1. The number of benzene rings is 1. The molecule has 1 rings (SSSR count). The lowest BCUT2D eigenvalue weighted by molar-refractivity contribution is -0.142. The smallest absolute Gasteiger partial charge is 0.329 e. The molecule has 6 nitrogen and oxygen atoms in total. The number of carboxylic acid groups (broad SMARTS) is 1. The lowest BCUT2D eigenvalue weighted by atomic mass is 10.4. The number of nitrogens with one attached hydrogen (secondary N) is 1. The summed E-state index contributed by atoms with van der Waals surface area (Å²) < 4.78 is 31.2. The first-order valence-electron chi connectivity index (χ1n) is 4.97. The number of aliphatic carboxylic acids is 1. The molecular formula is C10H12BrNO5S. The predicted octanol–water partition coefficient (Wildman–Crippen LogP) is 0.829. The minimum atomic E-state index is -3.62. The molecule has 0 atom stereocenters. The van der Waals surface area contributed by atoms with Gasteiger partial charge in [-0.1, -0.05) is 12.1 Å². The van der Waals surface area contributed by atoms with E-state index in [1.54, 1.807) is 18.2 Å². The van der Waals surface area contributed by atoms with Gasteiger partial charge in [-0.15, -0.1) is 0 Å². The van der Waals surface area contributed by atoms with Crippen molar-refractivity contribution in [3.63, 3.8) is 0 Å². The van der Waals surface area contributed by atoms with Gasteiger partial charge in [-0.25, -0.2) is 17.9 Å². The summed E-state index contributed by atoms with van der Waals surface area (Å²) in [6.45, 7) is -0.441. The quantitative estimate of drug-likeness (QED) is 0.719. The minimum Gasteiger partial charge on any atom is -0.480 e. The molecule has 0 aliphatic rings. The van der Waals surface area contributed by atoms with Crippen molar-refractivity contribution >= 4 is 31.9 Å². The predicted molar refractivity (Wildman–Crippen MR) is 67.8 cm³/mol. The maximum Gasteiger partial charge on any atom is 0.329 e. The van der Waals surface area contributed by atoms with E-state index >= 15 is 0 Å². The molecule has 0 saturated carbocycles. The zero-order valence-electron chi connectivity index (χ0n) is 9.30. The van der Waals surface area contributed by atoms with E-state index in [-0.39, 0.29) is 18.0 Å². The zero-order valence-corrected chi connectivity index (χ0v) is 11.7. The number of hydrogen-bond acceptors (Lipinski definition) is 4. The Balaban J connectivity index is 2.51. The van der Waals surface area contributed by atoms with Crippen LogP contribution in [0, 0.1) is 0 Å². The van der Waals surface area contributed by atoms with Gasteiger partial charge in [-0.2, -0.15) is 0 Å². The van der Waals surface area contributed by atoms with Crippen molar-refractivity contribution < 1.29 is 23.1 Å². The van der Waals surface area contributed by atoms with Crippen LogP contribution in [0.5, 0.6) is 0 Å². The zero-order chi connectivity index (χ0) is 13.6. The van der Waals surface area contributed by atoms with Crippen molar-refractivity contribution in [1.82, 2.24) is 4.72 Å². The highest BCUT2D eigenvalue weighted by molar-refractivity contribution is 9.10. The van der Waals surface area contributed by atoms with Crippen LogP contribution in [0.15, 0.2) is 33.6 Å². The molecule has 0 unspecified atom stereocenters. The summed E-state index contributed by atoms with van der Waals surface area (Å²) in [6, 6.07) is 6.40. The second kappa shape index (κ2) is 6.83. The highest BCUT2D eigenvalue weighted by Crippen LogP contribution is 2.20. The maximum absolute atomic E-state index is 11.8. The van der Waals surface area contributed by atoms with Crippen LogP contribution in [0.1, 0.15) is 0 Å². The summed E-state index contributed by atoms with van der Waals surface area (Å²) in [5, 5.41) is 8.32. The van der Waals surface area contributed by atoms with E-state index in [2.05, 4.69) is 20.7 Å². The van der Waals surface area contributed by atoms with Crippen LogP contribution in [-0.4, -0.2) is 39.3 Å². The van der Waals surface area contributed by atoms with Crippen LogP contribution in [0.25, 0.3) is 0 Å². The highest BCUT2D eigenvalue weighted by Gasteiger charge is 2.16. The van der Waals surface area contributed by atoms with Crippen molar-refractivity contribution in [3.05, 3.63) is 28.7 Å². The van der Waals surface area contributed by atoms with Crippen molar-refractivity contribution in [2.24, 2.45) is 0 Å². The van der Waals surface area contributed by atoms with Gasteiger partial charge in [0.1, 0.15) is 6.61 Å². The van der Waals surface area contributed by atoms with E-state index in [9.17, 15) is 13.2 Å². The Morgan fingerprint density at radius 1 is 1.39 bits per heavy atom. The van der Waals surface area contributed by atoms with Crippen LogP contribution in [0.4, 0.5) is 0 Å². The Kier molecular flexibility index (Phi) is 5.73. The van der Waals surface area contributed by atoms with E-state index < -0.39 is 22.6 Å². The molecule has 0 fully saturated rings. The topological polar surface area (TPSA) is 92.7 Å². The molecule has 1 aromatic carbocycles. The average molecular weight is 338 g/mol. The third-order valence-corrected chi connectivity index (χ3v) is 4.36. The second-order valence-corrected chi connectivity index (χ2v) is 5.86. The monoisotopic (exact) mass is 337 g/mol. The molecule has 0 radical (unpaired) electrons. The second-order valence-electron chi connectivity index (χ2n) is 3.27. The number of halogens is 1. The molecule has 0 heterocycles. The van der Waals surface area contributed by atoms with Gasteiger partial charge in [0, 0.05) is 11.0 Å². The molecule has 0 saturated heterocycles. The molecule has 0 amide bonds. The van der Waals surface area contributed by atoms with Crippen LogP contribution in [-0.2, 0) is 19.6 Å². The first kappa shape index (κ1) is 15.1. The minimum absolute atomic E-state index is 0.00399. The molecule has 8 heteroatoms. The largest absolute Gasteiger partial charge is 0.480 e. The van der Waals surface area contributed by atoms with E-state index in [1.807, 2.05) is 0 Å². The normalized spacial score (nSPS) is 11.4. The van der Waals surface area contributed by atoms with Crippen LogP contribution in [0.2, 0.25) is 0 Å². The summed E-state index contributed by atoms with van der Waals surface area (Å²) in [5.74, 6) is -1.09. The van der Waals surface area contributed by atoms with Gasteiger partial charge < -0.3 is 9.84 Å². The van der Waals surface area contributed by atoms with Crippen LogP contribution in [0.3, 0.4) is 0 Å². The summed E-state index contributed by atoms with van der Waals surface area (Å²) >= 11 is 3.15. The molecule has 0 aliphatic heterocycles. The van der Waals surface area contributed by atoms with Crippen molar-refractivity contribution in [1.29, 1.82) is 0 Å². The Morgan fingerprint density at radius 3 is 2.67 bits per heavy atom. The highest BCUT2D eigenvalue weighted by atomic mass is 79.9. The van der Waals surface area contributed by atoms with Crippen molar-refractivity contribution in [3.8, 4) is 0 Å². The number of carbonyl (C=O) groups is 1. The van der Waals surface area contributed by atoms with E-state index in [0.29, 0.717) is 4.47 Å². The lowest BCUT2D eigenvalue weighted by Crippen LogP contribution is -2.28. The summed E-state index contributed by atoms with van der Waals surface area (Å²) in [4.78, 5) is 10.3. The van der Waals surface area contributed by atoms with Gasteiger partial charge in [0.2, 0.25) is 10.0 Å². The fraction of sp³-hybridized carbons (Fsp3) is 0.300. The number of rotatable bonds is 7. The van der Waals surface area contributed by atoms with Crippen LogP contribution < -0.4 is 4.72 Å². The van der Waals surface area contributed by atoms with Gasteiger partial charge in [0.15, 0.2) is 0 Å². The first-order chi connectivity index (χ1) is 8.43. The molecule has 1 aromatic rings. The van der Waals surface area contributed by atoms with E-state index in [0.717, 1.165) is 0 Å². The SMILES string of the molecule is O=C(O)COCCNS(=O)(=O)c1ccccc1Br. The molecule has 2 N–H and O–H groups in total.